The van der Waals surface area contributed by atoms with Gasteiger partial charge in [0.25, 0.3) is 0 Å². The van der Waals surface area contributed by atoms with Crippen molar-refractivity contribution in [3.05, 3.63) is 29.8 Å². The maximum atomic E-state index is 5.05. The SMILES string of the molecule is CCCc1ccc(OC)cc1.[Cl][Zn][Cl]. The summed E-state index contributed by atoms with van der Waals surface area (Å²) < 4.78 is 5.05. The van der Waals surface area contributed by atoms with Crippen LogP contribution in [0.15, 0.2) is 24.3 Å². The Morgan fingerprint density at radius 1 is 1.21 bits per heavy atom. The van der Waals surface area contributed by atoms with Gasteiger partial charge < -0.3 is 4.74 Å². The molecule has 1 aromatic carbocycles. The molecule has 1 aromatic rings. The first-order valence-electron chi connectivity index (χ1n) is 4.53. The molecular weight excluding hydrogens is 272 g/mol. The average Bonchev–Trinajstić information content (AvgIpc) is 2.21. The summed E-state index contributed by atoms with van der Waals surface area (Å²) in [4.78, 5) is 0. The van der Waals surface area contributed by atoms with Crippen LogP contribution < -0.4 is 4.74 Å². The normalized spacial score (nSPS) is 8.29. The van der Waals surface area contributed by atoms with E-state index < -0.39 is 15.1 Å². The molecule has 0 heterocycles. The second-order valence-corrected chi connectivity index (χ2v) is 7.32. The van der Waals surface area contributed by atoms with Gasteiger partial charge in [0.1, 0.15) is 5.75 Å². The Bertz CT molecular complexity index is 226. The molecule has 0 bridgehead atoms. The molecule has 14 heavy (non-hydrogen) atoms. The number of hydrogen-bond acceptors (Lipinski definition) is 1. The summed E-state index contributed by atoms with van der Waals surface area (Å²) in [6.07, 6.45) is 2.36. The molecule has 0 radical (unpaired) electrons. The van der Waals surface area contributed by atoms with Crippen molar-refractivity contribution < 1.29 is 19.9 Å². The number of rotatable bonds is 3. The van der Waals surface area contributed by atoms with Crippen LogP contribution in [0.25, 0.3) is 0 Å². The Labute approximate surface area is 101 Å². The van der Waals surface area contributed by atoms with Crippen molar-refractivity contribution in [1.29, 1.82) is 0 Å². The van der Waals surface area contributed by atoms with Crippen molar-refractivity contribution in [2.45, 2.75) is 19.8 Å². The van der Waals surface area contributed by atoms with E-state index in [0.29, 0.717) is 0 Å². The molecule has 0 spiro atoms. The summed E-state index contributed by atoms with van der Waals surface area (Å²) in [6, 6.07) is 8.24. The Balaban J connectivity index is 0.000000500. The van der Waals surface area contributed by atoms with Gasteiger partial charge in [-0.25, -0.2) is 0 Å². The van der Waals surface area contributed by atoms with Crippen LogP contribution in [-0.4, -0.2) is 7.11 Å². The molecule has 0 saturated carbocycles. The number of aryl methyl sites for hydroxylation is 1. The minimum absolute atomic E-state index is 0.931. The van der Waals surface area contributed by atoms with Gasteiger partial charge in [-0.3, -0.25) is 0 Å². The summed E-state index contributed by atoms with van der Waals surface area (Å²) >= 11 is -0.931. The molecule has 0 fully saturated rings. The third kappa shape index (κ3) is 6.64. The van der Waals surface area contributed by atoms with Crippen LogP contribution in [0, 0.1) is 0 Å². The number of methoxy groups -OCH3 is 1. The first-order chi connectivity index (χ1) is 6.78. The van der Waals surface area contributed by atoms with Crippen LogP contribution >= 0.6 is 19.4 Å². The first-order valence-corrected chi connectivity index (χ1v) is 12.3. The van der Waals surface area contributed by atoms with Gasteiger partial charge in [-0.1, -0.05) is 25.5 Å². The van der Waals surface area contributed by atoms with Gasteiger partial charge in [0.05, 0.1) is 7.11 Å². The van der Waals surface area contributed by atoms with E-state index in [1.165, 1.54) is 12.0 Å². The number of halogens is 2. The Hall–Kier alpha value is 0.223. The third-order valence-electron chi connectivity index (χ3n) is 1.70. The minimum atomic E-state index is -0.931. The molecule has 0 amide bonds. The van der Waals surface area contributed by atoms with E-state index >= 15 is 0 Å². The van der Waals surface area contributed by atoms with Gasteiger partial charge in [-0.05, 0) is 24.1 Å². The molecule has 0 saturated heterocycles. The molecule has 4 heteroatoms. The predicted molar refractivity (Wildman–Crippen MR) is 58.7 cm³/mol. The van der Waals surface area contributed by atoms with E-state index in [1.54, 1.807) is 7.11 Å². The summed E-state index contributed by atoms with van der Waals surface area (Å²) in [5.41, 5.74) is 1.38. The van der Waals surface area contributed by atoms with Crippen molar-refractivity contribution >= 4 is 19.4 Å². The van der Waals surface area contributed by atoms with Crippen LogP contribution in [-0.2, 0) is 21.6 Å². The van der Waals surface area contributed by atoms with E-state index in [-0.39, 0.29) is 0 Å². The summed E-state index contributed by atoms with van der Waals surface area (Å²) in [6.45, 7) is 2.18. The first kappa shape index (κ1) is 14.2. The Morgan fingerprint density at radius 3 is 2.07 bits per heavy atom. The van der Waals surface area contributed by atoms with E-state index in [9.17, 15) is 0 Å². The molecule has 1 rings (SSSR count). The molecule has 0 N–H and O–H groups in total. The van der Waals surface area contributed by atoms with E-state index in [1.807, 2.05) is 12.1 Å². The van der Waals surface area contributed by atoms with Gasteiger partial charge >= 0.3 is 34.5 Å². The van der Waals surface area contributed by atoms with Crippen LogP contribution in [0.1, 0.15) is 18.9 Å². The quantitative estimate of drug-likeness (QED) is 0.763. The standard InChI is InChI=1S/C10H14O.2ClH.Zn/c1-3-4-9-5-7-10(11-2)8-6-9;;;/h5-8H,3-4H2,1-2H3;2*1H;/q;;;+2/p-2. The van der Waals surface area contributed by atoms with Crippen molar-refractivity contribution in [3.8, 4) is 5.75 Å². The molecule has 0 aliphatic heterocycles. The van der Waals surface area contributed by atoms with Crippen molar-refractivity contribution in [2.75, 3.05) is 7.11 Å². The van der Waals surface area contributed by atoms with Gasteiger partial charge in [-0.2, -0.15) is 0 Å². The van der Waals surface area contributed by atoms with Crippen LogP contribution in [0.4, 0.5) is 0 Å². The van der Waals surface area contributed by atoms with Crippen molar-refractivity contribution in [3.63, 3.8) is 0 Å². The summed E-state index contributed by atoms with van der Waals surface area (Å²) in [5, 5.41) is 0. The van der Waals surface area contributed by atoms with E-state index in [4.69, 9.17) is 24.1 Å². The van der Waals surface area contributed by atoms with Crippen LogP contribution in [0.3, 0.4) is 0 Å². The molecule has 76 valence electrons. The fourth-order valence-electron chi connectivity index (χ4n) is 1.08. The predicted octanol–water partition coefficient (Wildman–Crippen LogP) is 4.02. The second-order valence-electron chi connectivity index (χ2n) is 2.70. The Kier molecular flexibility index (Phi) is 9.92. The molecule has 1 nitrogen and oxygen atoms in total. The third-order valence-corrected chi connectivity index (χ3v) is 1.70. The molecule has 0 aromatic heterocycles. The maximum absolute atomic E-state index is 5.05. The van der Waals surface area contributed by atoms with E-state index in [0.717, 1.165) is 12.2 Å². The summed E-state index contributed by atoms with van der Waals surface area (Å²) in [7, 11) is 11.6. The van der Waals surface area contributed by atoms with Gasteiger partial charge in [0, 0.05) is 0 Å². The zero-order chi connectivity index (χ0) is 10.8. The van der Waals surface area contributed by atoms with Crippen LogP contribution in [0.2, 0.25) is 0 Å². The zero-order valence-corrected chi connectivity index (χ0v) is 13.1. The monoisotopic (exact) mass is 284 g/mol. The molecule has 0 atom stereocenters. The topological polar surface area (TPSA) is 9.23 Å². The average molecular weight is 287 g/mol. The van der Waals surface area contributed by atoms with Crippen LogP contribution in [0.5, 0.6) is 5.75 Å². The molecule has 0 unspecified atom stereocenters. The molecule has 0 aliphatic carbocycles. The zero-order valence-electron chi connectivity index (χ0n) is 8.59. The van der Waals surface area contributed by atoms with E-state index in [2.05, 4.69) is 19.1 Å². The fraction of sp³-hybridized carbons (Fsp3) is 0.400. The fourth-order valence-corrected chi connectivity index (χ4v) is 1.08. The number of hydrogen-bond donors (Lipinski definition) is 0. The Morgan fingerprint density at radius 2 is 1.71 bits per heavy atom. The van der Waals surface area contributed by atoms with Gasteiger partial charge in [0.15, 0.2) is 0 Å². The second kappa shape index (κ2) is 9.77. The molecular formula is C10H14Cl2OZn. The van der Waals surface area contributed by atoms with Gasteiger partial charge in [0.2, 0.25) is 0 Å². The van der Waals surface area contributed by atoms with Crippen molar-refractivity contribution in [1.82, 2.24) is 0 Å². The van der Waals surface area contributed by atoms with Gasteiger partial charge in [-0.15, -0.1) is 0 Å². The van der Waals surface area contributed by atoms with Crippen molar-refractivity contribution in [2.24, 2.45) is 0 Å². The molecule has 0 aliphatic rings. The number of ether oxygens (including phenoxy) is 1. The summed E-state index contributed by atoms with van der Waals surface area (Å²) in [5.74, 6) is 0.935. The number of benzene rings is 1.